The molecule has 1 aliphatic heterocycles. The zero-order chi connectivity index (χ0) is 25.1. The van der Waals surface area contributed by atoms with Gasteiger partial charge in [0, 0.05) is 23.4 Å². The van der Waals surface area contributed by atoms with Crippen LogP contribution in [0.2, 0.25) is 0 Å². The molecule has 1 amide bonds. The van der Waals surface area contributed by atoms with Crippen molar-refractivity contribution < 1.29 is 9.53 Å². The van der Waals surface area contributed by atoms with Gasteiger partial charge in [-0.2, -0.15) is 5.10 Å². The molecule has 2 fully saturated rings. The number of thioether (sulfide) groups is 1. The Hall–Kier alpha value is -2.90. The molecule has 186 valence electrons. The lowest BCUT2D eigenvalue weighted by Gasteiger charge is -2.21. The van der Waals surface area contributed by atoms with Crippen LogP contribution < -0.4 is 4.74 Å². The molecule has 7 heteroatoms. The second kappa shape index (κ2) is 11.0. The number of thiocarbonyl (C=S) groups is 1. The van der Waals surface area contributed by atoms with Crippen LogP contribution in [-0.2, 0) is 4.79 Å². The van der Waals surface area contributed by atoms with Gasteiger partial charge in [0.05, 0.1) is 17.2 Å². The molecule has 5 rings (SSSR count). The van der Waals surface area contributed by atoms with Crippen LogP contribution in [-0.4, -0.2) is 37.6 Å². The molecular formula is C29H31N3O2S2. The van der Waals surface area contributed by atoms with E-state index in [1.165, 1.54) is 11.8 Å². The minimum atomic E-state index is 0.0196. The van der Waals surface area contributed by atoms with Crippen molar-refractivity contribution in [1.29, 1.82) is 0 Å². The van der Waals surface area contributed by atoms with Crippen LogP contribution in [0, 0.1) is 6.92 Å². The van der Waals surface area contributed by atoms with Crippen molar-refractivity contribution in [2.24, 2.45) is 0 Å². The van der Waals surface area contributed by atoms with Crippen LogP contribution in [0.4, 0.5) is 0 Å². The highest BCUT2D eigenvalue weighted by Crippen LogP contribution is 2.39. The van der Waals surface area contributed by atoms with Gasteiger partial charge in [-0.1, -0.05) is 68.4 Å². The summed E-state index contributed by atoms with van der Waals surface area (Å²) in [6.07, 6.45) is 10.5. The van der Waals surface area contributed by atoms with E-state index in [0.29, 0.717) is 15.8 Å². The smallest absolute Gasteiger partial charge is 0.266 e. The Morgan fingerprint density at radius 2 is 1.94 bits per heavy atom. The number of amides is 1. The maximum atomic E-state index is 13.4. The summed E-state index contributed by atoms with van der Waals surface area (Å²) in [4.78, 5) is 15.9. The topological polar surface area (TPSA) is 47.4 Å². The van der Waals surface area contributed by atoms with Gasteiger partial charge in [-0.15, -0.1) is 0 Å². The number of ether oxygens (including phenoxy) is 1. The highest BCUT2D eigenvalue weighted by Gasteiger charge is 2.38. The van der Waals surface area contributed by atoms with Gasteiger partial charge in [-0.3, -0.25) is 9.69 Å². The molecule has 1 saturated heterocycles. The number of para-hydroxylation sites is 1. The zero-order valence-electron chi connectivity index (χ0n) is 20.8. The summed E-state index contributed by atoms with van der Waals surface area (Å²) in [6.45, 7) is 4.93. The molecular weight excluding hydrogens is 486 g/mol. The van der Waals surface area contributed by atoms with Crippen LogP contribution >= 0.6 is 24.0 Å². The Morgan fingerprint density at radius 3 is 2.67 bits per heavy atom. The fourth-order valence-electron chi connectivity index (χ4n) is 4.81. The van der Waals surface area contributed by atoms with E-state index in [1.807, 2.05) is 64.3 Å². The summed E-state index contributed by atoms with van der Waals surface area (Å²) < 4.78 is 8.50. The monoisotopic (exact) mass is 517 g/mol. The molecule has 2 aromatic carbocycles. The van der Waals surface area contributed by atoms with Crippen LogP contribution in [0.15, 0.2) is 59.6 Å². The Kier molecular flexibility index (Phi) is 7.58. The Balaban J connectivity index is 1.51. The number of benzene rings is 2. The molecule has 3 aromatic rings. The van der Waals surface area contributed by atoms with E-state index in [0.717, 1.165) is 72.3 Å². The number of hydrogen-bond donors (Lipinski definition) is 0. The standard InChI is InChI=1S/C29H31N3O2S2/c1-3-4-16-34-25-15-14-21(17-20(25)2)27-22(19-31(30-27)23-10-6-5-7-11-23)18-26-28(33)32(29(35)36-26)24-12-8-9-13-24/h5-7,10-11,14-15,17-19,24H,3-4,8-9,12-13,16H2,1-2H3/b26-18-. The predicted molar refractivity (Wildman–Crippen MR) is 151 cm³/mol. The Bertz CT molecular complexity index is 1290. The first-order valence-corrected chi connectivity index (χ1v) is 13.9. The molecule has 2 aliphatic rings. The average Bonchev–Trinajstić information content (AvgIpc) is 3.61. The summed E-state index contributed by atoms with van der Waals surface area (Å²) in [5.41, 5.74) is 4.74. The van der Waals surface area contributed by atoms with E-state index in [4.69, 9.17) is 22.1 Å². The van der Waals surface area contributed by atoms with E-state index >= 15 is 0 Å². The Labute approximate surface area is 222 Å². The number of rotatable bonds is 8. The van der Waals surface area contributed by atoms with Crippen molar-refractivity contribution in [2.45, 2.75) is 58.4 Å². The molecule has 1 aromatic heterocycles. The van der Waals surface area contributed by atoms with Gasteiger partial charge in [0.15, 0.2) is 0 Å². The number of carbonyl (C=O) groups is 1. The second-order valence-corrected chi connectivity index (χ2v) is 11.1. The highest BCUT2D eigenvalue weighted by molar-refractivity contribution is 8.26. The molecule has 2 heterocycles. The molecule has 0 N–H and O–H groups in total. The SMILES string of the molecule is CCCCOc1ccc(-c2nn(-c3ccccc3)cc2/C=C2\SC(=S)N(C3CCCC3)C2=O)cc1C. The third kappa shape index (κ3) is 5.13. The van der Waals surface area contributed by atoms with Gasteiger partial charge >= 0.3 is 0 Å². The molecule has 1 aliphatic carbocycles. The number of aromatic nitrogens is 2. The van der Waals surface area contributed by atoms with Gasteiger partial charge < -0.3 is 4.74 Å². The molecule has 0 radical (unpaired) electrons. The van der Waals surface area contributed by atoms with Crippen molar-refractivity contribution in [3.63, 3.8) is 0 Å². The largest absolute Gasteiger partial charge is 0.493 e. The lowest BCUT2D eigenvalue weighted by atomic mass is 10.0. The van der Waals surface area contributed by atoms with Crippen LogP contribution in [0.25, 0.3) is 23.0 Å². The normalized spacial score (nSPS) is 17.5. The average molecular weight is 518 g/mol. The molecule has 0 unspecified atom stereocenters. The van der Waals surface area contributed by atoms with E-state index in [1.54, 1.807) is 0 Å². The zero-order valence-corrected chi connectivity index (χ0v) is 22.4. The van der Waals surface area contributed by atoms with Crippen LogP contribution in [0.1, 0.15) is 56.6 Å². The number of carbonyl (C=O) groups excluding carboxylic acids is 1. The first-order chi connectivity index (χ1) is 17.5. The minimum Gasteiger partial charge on any atom is -0.493 e. The fraction of sp³-hybridized carbons (Fsp3) is 0.345. The minimum absolute atomic E-state index is 0.0196. The van der Waals surface area contributed by atoms with Crippen molar-refractivity contribution in [3.8, 4) is 22.7 Å². The molecule has 0 atom stereocenters. The maximum Gasteiger partial charge on any atom is 0.266 e. The second-order valence-electron chi connectivity index (χ2n) is 9.39. The van der Waals surface area contributed by atoms with Gasteiger partial charge in [-0.25, -0.2) is 4.68 Å². The van der Waals surface area contributed by atoms with Crippen LogP contribution in [0.5, 0.6) is 5.75 Å². The van der Waals surface area contributed by atoms with Crippen molar-refractivity contribution in [1.82, 2.24) is 14.7 Å². The van der Waals surface area contributed by atoms with E-state index in [-0.39, 0.29) is 11.9 Å². The maximum absolute atomic E-state index is 13.4. The van der Waals surface area contributed by atoms with Gasteiger partial charge in [0.1, 0.15) is 15.8 Å². The summed E-state index contributed by atoms with van der Waals surface area (Å²) in [6, 6.07) is 16.4. The molecule has 5 nitrogen and oxygen atoms in total. The lowest BCUT2D eigenvalue weighted by molar-refractivity contribution is -0.123. The fourth-order valence-corrected chi connectivity index (χ4v) is 6.21. The van der Waals surface area contributed by atoms with E-state index in [2.05, 4.69) is 19.9 Å². The van der Waals surface area contributed by atoms with Crippen molar-refractivity contribution >= 4 is 40.3 Å². The van der Waals surface area contributed by atoms with Crippen LogP contribution in [0.3, 0.4) is 0 Å². The van der Waals surface area contributed by atoms with E-state index in [9.17, 15) is 4.79 Å². The third-order valence-electron chi connectivity index (χ3n) is 6.77. The Morgan fingerprint density at radius 1 is 1.17 bits per heavy atom. The molecule has 0 bridgehead atoms. The number of unbranched alkanes of at least 4 members (excludes halogenated alkanes) is 1. The van der Waals surface area contributed by atoms with Gasteiger partial charge in [0.25, 0.3) is 5.91 Å². The van der Waals surface area contributed by atoms with E-state index < -0.39 is 0 Å². The molecule has 36 heavy (non-hydrogen) atoms. The molecule has 0 spiro atoms. The summed E-state index contributed by atoms with van der Waals surface area (Å²) >= 11 is 7.02. The number of aryl methyl sites for hydroxylation is 1. The highest BCUT2D eigenvalue weighted by atomic mass is 32.2. The number of hydrogen-bond acceptors (Lipinski definition) is 5. The van der Waals surface area contributed by atoms with Crippen molar-refractivity contribution in [3.05, 3.63) is 70.8 Å². The summed E-state index contributed by atoms with van der Waals surface area (Å²) in [5, 5.41) is 4.94. The predicted octanol–water partition coefficient (Wildman–Crippen LogP) is 7.17. The quantitative estimate of drug-likeness (QED) is 0.180. The number of nitrogens with zero attached hydrogens (tertiary/aromatic N) is 3. The van der Waals surface area contributed by atoms with Crippen molar-refractivity contribution in [2.75, 3.05) is 6.61 Å². The lowest BCUT2D eigenvalue weighted by Crippen LogP contribution is -2.36. The first-order valence-electron chi connectivity index (χ1n) is 12.7. The molecule has 1 saturated carbocycles. The summed E-state index contributed by atoms with van der Waals surface area (Å²) in [7, 11) is 0. The summed E-state index contributed by atoms with van der Waals surface area (Å²) in [5.74, 6) is 0.917. The van der Waals surface area contributed by atoms with Gasteiger partial charge in [-0.05, 0) is 68.2 Å². The first kappa shape index (κ1) is 24.8. The third-order valence-corrected chi connectivity index (χ3v) is 8.10. The van der Waals surface area contributed by atoms with Gasteiger partial charge in [0.2, 0.25) is 0 Å².